The van der Waals surface area contributed by atoms with Crippen molar-refractivity contribution in [3.8, 4) is 0 Å². The summed E-state index contributed by atoms with van der Waals surface area (Å²) in [6.45, 7) is 0. The molecule has 0 aromatic carbocycles. The van der Waals surface area contributed by atoms with Crippen molar-refractivity contribution in [3.05, 3.63) is 11.5 Å². The third-order valence-electron chi connectivity index (χ3n) is 1.31. The summed E-state index contributed by atoms with van der Waals surface area (Å²) in [5, 5.41) is 0.364. The van der Waals surface area contributed by atoms with E-state index in [0.29, 0.717) is 22.3 Å². The van der Waals surface area contributed by atoms with Gasteiger partial charge in [0.25, 0.3) is 11.6 Å². The lowest BCUT2D eigenvalue weighted by Crippen LogP contribution is -2.03. The number of hydrogen-bond donors (Lipinski definition) is 2. The van der Waals surface area contributed by atoms with Gasteiger partial charge in [-0.25, -0.2) is 4.98 Å². The van der Waals surface area contributed by atoms with E-state index in [-0.39, 0.29) is 0 Å². The van der Waals surface area contributed by atoms with E-state index in [1.807, 2.05) is 0 Å². The molecule has 0 saturated carbocycles. The Bertz CT molecular complexity index is 395. The van der Waals surface area contributed by atoms with Gasteiger partial charge >= 0.3 is 0 Å². The number of imidazole rings is 1. The highest BCUT2D eigenvalue weighted by Gasteiger charge is 2.11. The summed E-state index contributed by atoms with van der Waals surface area (Å²) in [5.41, 5.74) is 6.63. The summed E-state index contributed by atoms with van der Waals surface area (Å²) in [7, 11) is 0. The number of anilines is 1. The first-order valence-electron chi connectivity index (χ1n) is 2.95. The summed E-state index contributed by atoms with van der Waals surface area (Å²) >= 11 is 5.71. The molecule has 2 rings (SSSR count). The van der Waals surface area contributed by atoms with Crippen LogP contribution in [0.15, 0.2) is 6.33 Å². The van der Waals surface area contributed by atoms with Crippen LogP contribution in [0, 0.1) is 0 Å². The van der Waals surface area contributed by atoms with Gasteiger partial charge in [-0.2, -0.15) is 0 Å². The Morgan fingerprint density at radius 3 is 3.18 bits per heavy atom. The zero-order chi connectivity index (χ0) is 7.84. The van der Waals surface area contributed by atoms with Crippen molar-refractivity contribution < 1.29 is 4.98 Å². The standard InChI is InChI=1S/C5H4ClN5/c6-3-2-4(9-1-8-3)11-5(7)10-2/h1H,(H3,7,8,9,10,11)/p+1. The summed E-state index contributed by atoms with van der Waals surface area (Å²) in [6.07, 6.45) is 1.46. The van der Waals surface area contributed by atoms with Gasteiger partial charge in [0.2, 0.25) is 11.5 Å². The quantitative estimate of drug-likeness (QED) is 0.547. The van der Waals surface area contributed by atoms with Gasteiger partial charge in [0.15, 0.2) is 5.52 Å². The SMILES string of the molecule is Nc1nc2[nH+]cnc(Cl)c2[nH]1. The number of nitrogens with two attached hydrogens (primary N) is 1. The van der Waals surface area contributed by atoms with Crippen molar-refractivity contribution >= 4 is 28.7 Å². The van der Waals surface area contributed by atoms with Gasteiger partial charge < -0.3 is 10.7 Å². The Balaban J connectivity index is 2.90. The predicted octanol–water partition coefficient (Wildman–Crippen LogP) is 0.00760. The first kappa shape index (κ1) is 6.36. The lowest BCUT2D eigenvalue weighted by Gasteiger charge is -1.80. The molecule has 6 heteroatoms. The second-order valence-electron chi connectivity index (χ2n) is 2.04. The van der Waals surface area contributed by atoms with Gasteiger partial charge in [0, 0.05) is 0 Å². The molecule has 0 fully saturated rings. The topological polar surface area (TPSA) is 81.7 Å². The molecule has 0 aliphatic rings. The molecule has 0 spiro atoms. The van der Waals surface area contributed by atoms with Crippen LogP contribution >= 0.6 is 11.6 Å². The van der Waals surface area contributed by atoms with Gasteiger partial charge in [0.1, 0.15) is 0 Å². The molecule has 0 amide bonds. The average molecular weight is 171 g/mol. The monoisotopic (exact) mass is 170 g/mol. The fraction of sp³-hybridized carbons (Fsp3) is 0. The summed E-state index contributed by atoms with van der Waals surface area (Å²) in [6, 6.07) is 0. The van der Waals surface area contributed by atoms with Gasteiger partial charge in [0.05, 0.1) is 0 Å². The smallest absolute Gasteiger partial charge is 0.292 e. The molecule has 4 N–H and O–H groups in total. The maximum absolute atomic E-state index is 5.71. The number of rotatable bonds is 0. The molecule has 0 bridgehead atoms. The van der Waals surface area contributed by atoms with Crippen molar-refractivity contribution in [2.75, 3.05) is 5.73 Å². The lowest BCUT2D eigenvalue weighted by molar-refractivity contribution is -0.352. The Labute approximate surface area is 66.6 Å². The number of hydrogen-bond acceptors (Lipinski definition) is 3. The Morgan fingerprint density at radius 2 is 2.45 bits per heavy atom. The fourth-order valence-corrected chi connectivity index (χ4v) is 1.05. The Morgan fingerprint density at radius 1 is 1.64 bits per heavy atom. The normalized spacial score (nSPS) is 10.6. The van der Waals surface area contributed by atoms with Crippen LogP contribution in [0.4, 0.5) is 5.95 Å². The first-order valence-corrected chi connectivity index (χ1v) is 3.32. The van der Waals surface area contributed by atoms with E-state index < -0.39 is 0 Å². The molecule has 0 aliphatic heterocycles. The minimum absolute atomic E-state index is 0.325. The highest BCUT2D eigenvalue weighted by molar-refractivity contribution is 6.33. The highest BCUT2D eigenvalue weighted by Crippen LogP contribution is 2.14. The molecule has 2 aromatic heterocycles. The third kappa shape index (κ3) is 0.894. The van der Waals surface area contributed by atoms with E-state index in [1.54, 1.807) is 0 Å². The molecule has 0 radical (unpaired) electrons. The molecule has 0 atom stereocenters. The van der Waals surface area contributed by atoms with Crippen LogP contribution in [0.5, 0.6) is 0 Å². The van der Waals surface area contributed by atoms with E-state index in [2.05, 4.69) is 19.9 Å². The van der Waals surface area contributed by atoms with Crippen molar-refractivity contribution in [3.63, 3.8) is 0 Å². The Hall–Kier alpha value is -1.36. The van der Waals surface area contributed by atoms with Crippen LogP contribution in [-0.2, 0) is 0 Å². The molecule has 0 unspecified atom stereocenters. The molecular formula is C5H5ClN5+. The molecule has 2 heterocycles. The minimum Gasteiger partial charge on any atom is -0.355 e. The van der Waals surface area contributed by atoms with Crippen LogP contribution in [0.2, 0.25) is 5.15 Å². The van der Waals surface area contributed by atoms with Crippen LogP contribution in [0.3, 0.4) is 0 Å². The molecule has 56 valence electrons. The lowest BCUT2D eigenvalue weighted by atomic mass is 10.6. The number of aromatic amines is 2. The van der Waals surface area contributed by atoms with Crippen molar-refractivity contribution in [2.45, 2.75) is 0 Å². The van der Waals surface area contributed by atoms with Crippen molar-refractivity contribution in [1.82, 2.24) is 15.0 Å². The average Bonchev–Trinajstić information content (AvgIpc) is 2.31. The maximum Gasteiger partial charge on any atom is 0.292 e. The number of H-pyrrole nitrogens is 2. The van der Waals surface area contributed by atoms with E-state index in [9.17, 15) is 0 Å². The maximum atomic E-state index is 5.71. The van der Waals surface area contributed by atoms with Gasteiger partial charge in [-0.3, -0.25) is 0 Å². The van der Waals surface area contributed by atoms with E-state index in [0.717, 1.165) is 0 Å². The number of nitrogen functional groups attached to an aromatic ring is 1. The first-order chi connectivity index (χ1) is 5.27. The fourth-order valence-electron chi connectivity index (χ4n) is 0.860. The number of nitrogens with one attached hydrogen (secondary N) is 2. The highest BCUT2D eigenvalue weighted by atomic mass is 35.5. The molecular weight excluding hydrogens is 166 g/mol. The summed E-state index contributed by atoms with van der Waals surface area (Å²) < 4.78 is 0. The van der Waals surface area contributed by atoms with E-state index in [1.165, 1.54) is 6.33 Å². The number of aromatic nitrogens is 4. The Kier molecular flexibility index (Phi) is 1.19. The second kappa shape index (κ2) is 2.06. The molecule has 0 aliphatic carbocycles. The van der Waals surface area contributed by atoms with Crippen LogP contribution in [0.25, 0.3) is 11.2 Å². The van der Waals surface area contributed by atoms with Crippen LogP contribution in [0.1, 0.15) is 0 Å². The van der Waals surface area contributed by atoms with Gasteiger partial charge in [-0.1, -0.05) is 9.97 Å². The van der Waals surface area contributed by atoms with Crippen molar-refractivity contribution in [2.24, 2.45) is 0 Å². The molecule has 0 saturated heterocycles. The zero-order valence-corrected chi connectivity index (χ0v) is 6.18. The number of nitrogens with zero attached hydrogens (tertiary/aromatic N) is 2. The van der Waals surface area contributed by atoms with Crippen LogP contribution < -0.4 is 10.7 Å². The number of fused-ring (bicyclic) bond motifs is 1. The third-order valence-corrected chi connectivity index (χ3v) is 1.59. The van der Waals surface area contributed by atoms with Gasteiger partial charge in [-0.05, 0) is 11.6 Å². The molecule has 2 aromatic rings. The van der Waals surface area contributed by atoms with Gasteiger partial charge in [-0.15, -0.1) is 0 Å². The second-order valence-corrected chi connectivity index (χ2v) is 2.40. The minimum atomic E-state index is 0.325. The molecule has 11 heavy (non-hydrogen) atoms. The van der Waals surface area contributed by atoms with E-state index in [4.69, 9.17) is 17.3 Å². The number of halogens is 1. The van der Waals surface area contributed by atoms with E-state index >= 15 is 0 Å². The largest absolute Gasteiger partial charge is 0.355 e. The summed E-state index contributed by atoms with van der Waals surface area (Å²) in [4.78, 5) is 13.3. The predicted molar refractivity (Wildman–Crippen MR) is 39.9 cm³/mol. The van der Waals surface area contributed by atoms with Crippen LogP contribution in [-0.4, -0.2) is 15.0 Å². The summed E-state index contributed by atoms with van der Waals surface area (Å²) in [5.74, 6) is 0.325. The molecule has 5 nitrogen and oxygen atoms in total. The van der Waals surface area contributed by atoms with Crippen molar-refractivity contribution in [1.29, 1.82) is 0 Å². The zero-order valence-electron chi connectivity index (χ0n) is 5.43.